The molecule has 4 heterocycles. The summed E-state index contributed by atoms with van der Waals surface area (Å²) in [7, 11) is 4.35. The average Bonchev–Trinajstić information content (AvgIpc) is 3.19. The van der Waals surface area contributed by atoms with Gasteiger partial charge in [-0.25, -0.2) is 0 Å². The van der Waals surface area contributed by atoms with Gasteiger partial charge in [0.05, 0.1) is 6.42 Å². The molecule has 4 aliphatic heterocycles. The predicted octanol–water partition coefficient (Wildman–Crippen LogP) is 2.22. The Balaban J connectivity index is 1.31. The third-order valence-electron chi connectivity index (χ3n) is 7.32. The number of likely N-dealkylation sites (tertiary alicyclic amines) is 1. The molecule has 5 rings (SSSR count). The first-order valence-corrected chi connectivity index (χ1v) is 11.2. The predicted molar refractivity (Wildman–Crippen MR) is 111 cm³/mol. The Morgan fingerprint density at radius 3 is 2.83 bits per heavy atom. The highest BCUT2D eigenvalue weighted by Crippen LogP contribution is 2.41. The molecule has 0 radical (unpaired) electrons. The molecule has 0 unspecified atom stereocenters. The highest BCUT2D eigenvalue weighted by atomic mass is 16.7. The van der Waals surface area contributed by atoms with Crippen LogP contribution in [0.15, 0.2) is 18.2 Å². The van der Waals surface area contributed by atoms with Crippen molar-refractivity contribution >= 4 is 5.91 Å². The number of likely N-dealkylation sites (N-methyl/N-ethyl adjacent to an activating group) is 1. The number of carbonyl (C=O) groups excluding carboxylic acids is 1. The van der Waals surface area contributed by atoms with E-state index >= 15 is 0 Å². The van der Waals surface area contributed by atoms with E-state index in [-0.39, 0.29) is 12.7 Å². The number of fused-ring (bicyclic) bond motifs is 5. The first kappa shape index (κ1) is 19.2. The third kappa shape index (κ3) is 3.73. The van der Waals surface area contributed by atoms with Crippen LogP contribution in [0, 0.1) is 11.8 Å². The molecule has 0 spiro atoms. The molecule has 0 saturated carbocycles. The van der Waals surface area contributed by atoms with Crippen LogP contribution in [0.3, 0.4) is 0 Å². The molecule has 4 aliphatic rings. The molecular formula is C23H33N3O3. The Labute approximate surface area is 173 Å². The lowest BCUT2D eigenvalue weighted by atomic mass is 9.72. The summed E-state index contributed by atoms with van der Waals surface area (Å²) >= 11 is 0. The van der Waals surface area contributed by atoms with Gasteiger partial charge in [0.25, 0.3) is 0 Å². The van der Waals surface area contributed by atoms with Crippen molar-refractivity contribution in [1.29, 1.82) is 0 Å². The van der Waals surface area contributed by atoms with Crippen LogP contribution in [0.4, 0.5) is 0 Å². The van der Waals surface area contributed by atoms with Gasteiger partial charge < -0.3 is 19.3 Å². The Hall–Kier alpha value is -1.79. The molecule has 0 aliphatic carbocycles. The molecule has 0 N–H and O–H groups in total. The summed E-state index contributed by atoms with van der Waals surface area (Å²) in [4.78, 5) is 20.5. The van der Waals surface area contributed by atoms with Crippen LogP contribution in [0.2, 0.25) is 0 Å². The molecule has 1 aromatic rings. The van der Waals surface area contributed by atoms with E-state index in [9.17, 15) is 4.79 Å². The summed E-state index contributed by atoms with van der Waals surface area (Å²) in [5.41, 5.74) is 1.01. The van der Waals surface area contributed by atoms with Gasteiger partial charge in [-0.3, -0.25) is 9.69 Å². The van der Waals surface area contributed by atoms with Crippen LogP contribution in [0.25, 0.3) is 0 Å². The highest BCUT2D eigenvalue weighted by Gasteiger charge is 2.47. The van der Waals surface area contributed by atoms with Crippen molar-refractivity contribution in [2.75, 3.05) is 47.1 Å². The van der Waals surface area contributed by atoms with Crippen molar-refractivity contribution in [3.8, 4) is 11.5 Å². The van der Waals surface area contributed by atoms with Crippen LogP contribution in [-0.4, -0.2) is 79.8 Å². The number of nitrogens with zero attached hydrogens (tertiary/aromatic N) is 3. The Kier molecular flexibility index (Phi) is 5.16. The first-order chi connectivity index (χ1) is 14.1. The van der Waals surface area contributed by atoms with Crippen molar-refractivity contribution in [2.45, 2.75) is 44.2 Å². The SMILES string of the molecule is CN(C)C[C@H]1[C@H]2C[C@H](CN(C(=O)Cc3ccc4c(c3)OCO4)C2)[C@@H]2CCCCN21. The fourth-order valence-electron chi connectivity index (χ4n) is 6.07. The van der Waals surface area contributed by atoms with Crippen LogP contribution in [0.1, 0.15) is 31.2 Å². The number of hydrogen-bond acceptors (Lipinski definition) is 5. The molecule has 3 fully saturated rings. The Morgan fingerprint density at radius 1 is 1.14 bits per heavy atom. The zero-order valence-corrected chi connectivity index (χ0v) is 17.7. The topological polar surface area (TPSA) is 45.3 Å². The molecule has 2 bridgehead atoms. The van der Waals surface area contributed by atoms with E-state index in [2.05, 4.69) is 28.8 Å². The van der Waals surface area contributed by atoms with Crippen LogP contribution < -0.4 is 9.47 Å². The van der Waals surface area contributed by atoms with Gasteiger partial charge in [-0.1, -0.05) is 12.5 Å². The lowest BCUT2D eigenvalue weighted by molar-refractivity contribution is -0.140. The number of hydrogen-bond donors (Lipinski definition) is 0. The Morgan fingerprint density at radius 2 is 1.97 bits per heavy atom. The molecule has 6 nitrogen and oxygen atoms in total. The molecule has 29 heavy (non-hydrogen) atoms. The van der Waals surface area contributed by atoms with Crippen molar-refractivity contribution < 1.29 is 14.3 Å². The van der Waals surface area contributed by atoms with Gasteiger partial charge in [0.1, 0.15) is 0 Å². The lowest BCUT2D eigenvalue weighted by Gasteiger charge is -2.57. The van der Waals surface area contributed by atoms with Crippen molar-refractivity contribution in [3.63, 3.8) is 0 Å². The number of ether oxygens (including phenoxy) is 2. The number of rotatable bonds is 4. The largest absolute Gasteiger partial charge is 0.454 e. The normalized spacial score (nSPS) is 31.1. The molecule has 0 aromatic heterocycles. The second kappa shape index (κ2) is 7.80. The molecular weight excluding hydrogens is 366 g/mol. The monoisotopic (exact) mass is 399 g/mol. The van der Waals surface area contributed by atoms with Gasteiger partial charge in [0, 0.05) is 31.7 Å². The number of carbonyl (C=O) groups is 1. The van der Waals surface area contributed by atoms with E-state index in [1.54, 1.807) is 0 Å². The third-order valence-corrected chi connectivity index (χ3v) is 7.32. The van der Waals surface area contributed by atoms with Crippen LogP contribution >= 0.6 is 0 Å². The quantitative estimate of drug-likeness (QED) is 0.777. The summed E-state index contributed by atoms with van der Waals surface area (Å²) in [6, 6.07) is 7.11. The zero-order valence-electron chi connectivity index (χ0n) is 17.7. The van der Waals surface area contributed by atoms with Crippen LogP contribution in [-0.2, 0) is 11.2 Å². The number of piperidine rings is 3. The second-order valence-corrected chi connectivity index (χ2v) is 9.55. The fourth-order valence-corrected chi connectivity index (χ4v) is 6.07. The summed E-state index contributed by atoms with van der Waals surface area (Å²) in [6.45, 7) is 4.43. The number of amides is 1. The van der Waals surface area contributed by atoms with E-state index in [4.69, 9.17) is 9.47 Å². The zero-order chi connectivity index (χ0) is 20.0. The van der Waals surface area contributed by atoms with Crippen molar-refractivity contribution in [3.05, 3.63) is 23.8 Å². The Bertz CT molecular complexity index is 768. The standard InChI is InChI=1S/C23H33N3O3/c1-24(2)14-20-18-11-17(19-5-3-4-8-26(19)20)12-25(13-18)23(27)10-16-6-7-21-22(9-16)29-15-28-21/h6-7,9,17-20H,3-5,8,10-15H2,1-2H3/t17-,18+,19+,20+/m1/s1. The van der Waals surface area contributed by atoms with Crippen molar-refractivity contribution in [2.24, 2.45) is 11.8 Å². The minimum atomic E-state index is 0.256. The van der Waals surface area contributed by atoms with Crippen LogP contribution in [0.5, 0.6) is 11.5 Å². The maximum atomic E-state index is 13.2. The summed E-state index contributed by atoms with van der Waals surface area (Å²) in [6.07, 6.45) is 5.69. The first-order valence-electron chi connectivity index (χ1n) is 11.2. The van der Waals surface area contributed by atoms with Gasteiger partial charge in [0.2, 0.25) is 12.7 Å². The summed E-state index contributed by atoms with van der Waals surface area (Å²) in [5.74, 6) is 3.01. The van der Waals surface area contributed by atoms with E-state index < -0.39 is 0 Å². The highest BCUT2D eigenvalue weighted by molar-refractivity contribution is 5.79. The molecule has 158 valence electrons. The van der Waals surface area contributed by atoms with Gasteiger partial charge in [-0.15, -0.1) is 0 Å². The smallest absolute Gasteiger partial charge is 0.231 e. The van der Waals surface area contributed by atoms with Gasteiger partial charge in [-0.05, 0) is 69.4 Å². The van der Waals surface area contributed by atoms with E-state index in [0.29, 0.717) is 30.3 Å². The summed E-state index contributed by atoms with van der Waals surface area (Å²) < 4.78 is 10.9. The minimum absolute atomic E-state index is 0.256. The maximum absolute atomic E-state index is 13.2. The van der Waals surface area contributed by atoms with Crippen molar-refractivity contribution in [1.82, 2.24) is 14.7 Å². The van der Waals surface area contributed by atoms with E-state index in [0.717, 1.165) is 36.7 Å². The fraction of sp³-hybridized carbons (Fsp3) is 0.696. The molecule has 4 atom stereocenters. The van der Waals surface area contributed by atoms with Gasteiger partial charge in [0.15, 0.2) is 11.5 Å². The molecule has 3 saturated heterocycles. The molecule has 1 aromatic carbocycles. The lowest BCUT2D eigenvalue weighted by Crippen LogP contribution is -2.66. The average molecular weight is 400 g/mol. The number of benzene rings is 1. The minimum Gasteiger partial charge on any atom is -0.454 e. The van der Waals surface area contributed by atoms with Gasteiger partial charge >= 0.3 is 0 Å². The maximum Gasteiger partial charge on any atom is 0.231 e. The molecule has 1 amide bonds. The molecule has 6 heteroatoms. The van der Waals surface area contributed by atoms with Gasteiger partial charge in [-0.2, -0.15) is 0 Å². The van der Waals surface area contributed by atoms with E-state index in [1.807, 2.05) is 18.2 Å². The second-order valence-electron chi connectivity index (χ2n) is 9.55. The van der Waals surface area contributed by atoms with E-state index in [1.165, 1.54) is 32.2 Å². The summed E-state index contributed by atoms with van der Waals surface area (Å²) in [5, 5.41) is 0.